The van der Waals surface area contributed by atoms with E-state index in [2.05, 4.69) is 20.7 Å². The summed E-state index contributed by atoms with van der Waals surface area (Å²) < 4.78 is 37.2. The molecule has 0 bridgehead atoms. The second-order valence-electron chi connectivity index (χ2n) is 9.06. The molecule has 0 spiro atoms. The number of benzene rings is 3. The molecule has 0 saturated heterocycles. The highest BCUT2D eigenvalue weighted by Gasteiger charge is 2.34. The lowest BCUT2D eigenvalue weighted by Crippen LogP contribution is -2.31. The van der Waals surface area contributed by atoms with Crippen molar-refractivity contribution in [1.29, 1.82) is 0 Å². The third kappa shape index (κ3) is 5.62. The quantitative estimate of drug-likeness (QED) is 0.264. The monoisotopic (exact) mass is 579 g/mol. The van der Waals surface area contributed by atoms with E-state index in [-0.39, 0.29) is 12.4 Å². The van der Waals surface area contributed by atoms with Crippen LogP contribution >= 0.6 is 11.6 Å². The summed E-state index contributed by atoms with van der Waals surface area (Å²) in [5, 5.41) is 10.8. The van der Waals surface area contributed by atoms with Crippen LogP contribution in [0.3, 0.4) is 0 Å². The SMILES string of the molecule is COc1cc(NC(=O)C2=C(C)Nc3ncnn3[C@H]2c2ccc(OCc3ccc(F)cc3)c(OC)c2)c(OC)cc1Cl. The van der Waals surface area contributed by atoms with Gasteiger partial charge >= 0.3 is 0 Å². The average Bonchev–Trinajstić information content (AvgIpc) is 3.44. The van der Waals surface area contributed by atoms with Gasteiger partial charge in [0.2, 0.25) is 5.95 Å². The molecule has 1 aliphatic rings. The van der Waals surface area contributed by atoms with Gasteiger partial charge in [0.15, 0.2) is 11.5 Å². The van der Waals surface area contributed by atoms with E-state index < -0.39 is 11.9 Å². The van der Waals surface area contributed by atoms with Gasteiger partial charge < -0.3 is 29.6 Å². The summed E-state index contributed by atoms with van der Waals surface area (Å²) in [7, 11) is 4.50. The number of aromatic nitrogens is 3. The van der Waals surface area contributed by atoms with Crippen LogP contribution in [-0.2, 0) is 11.4 Å². The summed E-state index contributed by atoms with van der Waals surface area (Å²) in [4.78, 5) is 18.2. The van der Waals surface area contributed by atoms with E-state index in [1.54, 1.807) is 48.0 Å². The zero-order valence-corrected chi connectivity index (χ0v) is 23.5. The third-order valence-electron chi connectivity index (χ3n) is 6.57. The number of anilines is 2. The van der Waals surface area contributed by atoms with Crippen molar-refractivity contribution in [3.8, 4) is 23.0 Å². The highest BCUT2D eigenvalue weighted by atomic mass is 35.5. The van der Waals surface area contributed by atoms with Crippen LogP contribution in [0.5, 0.6) is 23.0 Å². The van der Waals surface area contributed by atoms with Crippen molar-refractivity contribution >= 4 is 29.1 Å². The van der Waals surface area contributed by atoms with Crippen molar-refractivity contribution < 1.29 is 28.1 Å². The molecule has 4 aromatic rings. The van der Waals surface area contributed by atoms with E-state index in [0.29, 0.717) is 56.5 Å². The summed E-state index contributed by atoms with van der Waals surface area (Å²) in [5.41, 5.74) is 2.86. The Morgan fingerprint density at radius 3 is 2.44 bits per heavy atom. The van der Waals surface area contributed by atoms with Crippen molar-refractivity contribution in [1.82, 2.24) is 14.8 Å². The van der Waals surface area contributed by atoms with Crippen molar-refractivity contribution in [3.05, 3.63) is 94.2 Å². The second-order valence-corrected chi connectivity index (χ2v) is 9.47. The van der Waals surface area contributed by atoms with E-state index in [4.69, 9.17) is 30.5 Å². The van der Waals surface area contributed by atoms with E-state index >= 15 is 0 Å². The van der Waals surface area contributed by atoms with Gasteiger partial charge in [-0.2, -0.15) is 10.1 Å². The molecule has 5 rings (SSSR count). The van der Waals surface area contributed by atoms with Crippen molar-refractivity contribution in [2.75, 3.05) is 32.0 Å². The van der Waals surface area contributed by atoms with Gasteiger partial charge in [-0.05, 0) is 42.3 Å². The van der Waals surface area contributed by atoms with Crippen LogP contribution in [0.2, 0.25) is 5.02 Å². The fourth-order valence-corrected chi connectivity index (χ4v) is 4.79. The fourth-order valence-electron chi connectivity index (χ4n) is 4.56. The van der Waals surface area contributed by atoms with Gasteiger partial charge in [-0.25, -0.2) is 9.07 Å². The number of methoxy groups -OCH3 is 3. The molecule has 0 aliphatic carbocycles. The zero-order chi connectivity index (χ0) is 29.1. The van der Waals surface area contributed by atoms with E-state index in [1.807, 2.05) is 6.07 Å². The van der Waals surface area contributed by atoms with Crippen LogP contribution in [-0.4, -0.2) is 42.0 Å². The first-order valence-corrected chi connectivity index (χ1v) is 12.9. The molecule has 1 atom stereocenters. The number of halogens is 2. The predicted octanol–water partition coefficient (Wildman–Crippen LogP) is 5.60. The Kier molecular flexibility index (Phi) is 7.97. The molecule has 1 aromatic heterocycles. The van der Waals surface area contributed by atoms with Crippen LogP contribution in [0.15, 0.2) is 72.2 Å². The molecule has 0 fully saturated rings. The molecular formula is C29H27ClFN5O5. The Labute approximate surface area is 240 Å². The number of hydrogen-bond donors (Lipinski definition) is 2. The van der Waals surface area contributed by atoms with Gasteiger partial charge in [-0.3, -0.25) is 4.79 Å². The van der Waals surface area contributed by atoms with E-state index in [0.717, 1.165) is 5.56 Å². The number of amides is 1. The maximum Gasteiger partial charge on any atom is 0.255 e. The largest absolute Gasteiger partial charge is 0.495 e. The highest BCUT2D eigenvalue weighted by molar-refractivity contribution is 6.32. The number of nitrogens with zero attached hydrogens (tertiary/aromatic N) is 3. The first kappa shape index (κ1) is 27.8. The Bertz CT molecular complexity index is 1620. The van der Waals surface area contributed by atoms with Gasteiger partial charge in [0.05, 0.1) is 37.6 Å². The summed E-state index contributed by atoms with van der Waals surface area (Å²) in [6.45, 7) is 2.01. The molecular weight excluding hydrogens is 553 g/mol. The molecule has 10 nitrogen and oxygen atoms in total. The summed E-state index contributed by atoms with van der Waals surface area (Å²) in [5.74, 6) is 1.44. The number of allylic oxidation sites excluding steroid dienone is 1. The third-order valence-corrected chi connectivity index (χ3v) is 6.87. The number of fused-ring (bicyclic) bond motifs is 1. The molecule has 1 aliphatic heterocycles. The summed E-state index contributed by atoms with van der Waals surface area (Å²) in [6, 6.07) is 13.9. The normalized spacial score (nSPS) is 14.1. The number of rotatable bonds is 9. The Morgan fingerprint density at radius 1 is 1.00 bits per heavy atom. The Morgan fingerprint density at radius 2 is 1.73 bits per heavy atom. The maximum atomic E-state index is 13.9. The van der Waals surface area contributed by atoms with Gasteiger partial charge in [0.1, 0.15) is 36.3 Å². The number of ether oxygens (including phenoxy) is 4. The maximum absolute atomic E-state index is 13.9. The minimum atomic E-state index is -0.658. The number of carbonyl (C=O) groups is 1. The summed E-state index contributed by atoms with van der Waals surface area (Å²) >= 11 is 6.25. The molecule has 212 valence electrons. The Balaban J connectivity index is 1.49. The van der Waals surface area contributed by atoms with Crippen molar-refractivity contribution in [2.24, 2.45) is 0 Å². The number of hydrogen-bond acceptors (Lipinski definition) is 8. The van der Waals surface area contributed by atoms with Gasteiger partial charge in [0.25, 0.3) is 5.91 Å². The van der Waals surface area contributed by atoms with Crippen LogP contribution in [0.4, 0.5) is 16.0 Å². The van der Waals surface area contributed by atoms with Crippen LogP contribution < -0.4 is 29.6 Å². The molecule has 0 radical (unpaired) electrons. The molecule has 3 aromatic carbocycles. The lowest BCUT2D eigenvalue weighted by Gasteiger charge is -2.29. The molecule has 0 unspecified atom stereocenters. The first-order valence-electron chi connectivity index (χ1n) is 12.5. The molecule has 2 heterocycles. The topological polar surface area (TPSA) is 109 Å². The average molecular weight is 580 g/mol. The van der Waals surface area contributed by atoms with Gasteiger partial charge in [-0.1, -0.05) is 29.8 Å². The van der Waals surface area contributed by atoms with Crippen molar-refractivity contribution in [3.63, 3.8) is 0 Å². The Hall–Kier alpha value is -4.77. The molecule has 0 saturated carbocycles. The minimum Gasteiger partial charge on any atom is -0.495 e. The van der Waals surface area contributed by atoms with Gasteiger partial charge in [0, 0.05) is 17.8 Å². The van der Waals surface area contributed by atoms with Gasteiger partial charge in [-0.15, -0.1) is 0 Å². The lowest BCUT2D eigenvalue weighted by molar-refractivity contribution is -0.113. The molecule has 2 N–H and O–H groups in total. The standard InChI is InChI=1S/C29H27ClFN5O5/c1-16-26(28(37)35-21-13-23(38-2)20(30)12-24(21)39-3)27(36-29(34-16)32-15-33-36)18-7-10-22(25(11-18)40-4)41-14-17-5-8-19(31)9-6-17/h5-13,15,27H,14H2,1-4H3,(H,35,37)(H,32,33,34)/t27-/m0/s1. The molecule has 41 heavy (non-hydrogen) atoms. The number of nitrogens with one attached hydrogen (secondary N) is 2. The second kappa shape index (κ2) is 11.8. The smallest absolute Gasteiger partial charge is 0.255 e. The summed E-state index contributed by atoms with van der Waals surface area (Å²) in [6.07, 6.45) is 1.41. The van der Waals surface area contributed by atoms with E-state index in [9.17, 15) is 9.18 Å². The lowest BCUT2D eigenvalue weighted by atomic mass is 9.94. The van der Waals surface area contributed by atoms with E-state index in [1.165, 1.54) is 39.8 Å². The molecule has 12 heteroatoms. The number of carbonyl (C=O) groups excluding carboxylic acids is 1. The highest BCUT2D eigenvalue weighted by Crippen LogP contribution is 2.40. The zero-order valence-electron chi connectivity index (χ0n) is 22.7. The minimum absolute atomic E-state index is 0.218. The molecule has 1 amide bonds. The van der Waals surface area contributed by atoms with Crippen molar-refractivity contribution in [2.45, 2.75) is 19.6 Å². The first-order chi connectivity index (χ1) is 19.8. The van der Waals surface area contributed by atoms with Crippen LogP contribution in [0.1, 0.15) is 24.1 Å². The fraction of sp³-hybridized carbons (Fsp3) is 0.207. The van der Waals surface area contributed by atoms with Crippen LogP contribution in [0, 0.1) is 5.82 Å². The van der Waals surface area contributed by atoms with Crippen LogP contribution in [0.25, 0.3) is 0 Å². The predicted molar refractivity (Wildman–Crippen MR) is 151 cm³/mol.